The SMILES string of the molecule is CC(C)[C@H](NC(=O)OCC1c2ccccc2-c2ccccc21)C(N)[C@H](CCCNC(N)=O)CNc1ccc(COc2cc3c(c4ccccc24)C(CCl)CN3C(=O)OC(C)(C)C)cc1. The number of amides is 4. The lowest BCUT2D eigenvalue weighted by Gasteiger charge is -2.34. The molecular weight excluding hydrogens is 828 g/mol. The van der Waals surface area contributed by atoms with Crippen LogP contribution in [0, 0.1) is 11.8 Å². The lowest BCUT2D eigenvalue weighted by atomic mass is 9.85. The van der Waals surface area contributed by atoms with Crippen LogP contribution in [0.1, 0.15) is 81.5 Å². The number of fused-ring (bicyclic) bond motifs is 6. The Morgan fingerprint density at radius 2 is 1.53 bits per heavy atom. The number of carbonyl (C=O) groups excluding carboxylic acids is 3. The minimum atomic E-state index is -0.647. The molecule has 4 amide bonds. The summed E-state index contributed by atoms with van der Waals surface area (Å²) >= 11 is 6.46. The van der Waals surface area contributed by atoms with E-state index in [0.717, 1.165) is 55.5 Å². The van der Waals surface area contributed by atoms with Gasteiger partial charge in [-0.15, -0.1) is 11.6 Å². The number of hydrogen-bond acceptors (Lipinski definition) is 8. The second-order valence-electron chi connectivity index (χ2n) is 18.2. The Bertz CT molecular complexity index is 2390. The highest BCUT2D eigenvalue weighted by molar-refractivity contribution is 6.19. The number of nitrogens with zero attached hydrogens (tertiary/aromatic N) is 1. The summed E-state index contributed by atoms with van der Waals surface area (Å²) in [6.07, 6.45) is 0.391. The van der Waals surface area contributed by atoms with Gasteiger partial charge in [-0.3, -0.25) is 4.90 Å². The average Bonchev–Trinajstić information content (AvgIpc) is 3.81. The number of alkyl carbamates (subject to hydrolysis) is 1. The Morgan fingerprint density at radius 1 is 0.891 bits per heavy atom. The third kappa shape index (κ3) is 10.7. The zero-order chi connectivity index (χ0) is 45.5. The molecule has 338 valence electrons. The van der Waals surface area contributed by atoms with Crippen LogP contribution in [0.5, 0.6) is 5.75 Å². The first-order valence-corrected chi connectivity index (χ1v) is 22.7. The third-order valence-electron chi connectivity index (χ3n) is 12.2. The lowest BCUT2D eigenvalue weighted by molar-refractivity contribution is 0.0582. The van der Waals surface area contributed by atoms with Gasteiger partial charge in [0.2, 0.25) is 0 Å². The van der Waals surface area contributed by atoms with E-state index in [1.54, 1.807) is 4.90 Å². The van der Waals surface area contributed by atoms with E-state index in [-0.39, 0.29) is 30.3 Å². The van der Waals surface area contributed by atoms with Gasteiger partial charge in [0, 0.05) is 66.6 Å². The highest BCUT2D eigenvalue weighted by atomic mass is 35.5. The van der Waals surface area contributed by atoms with Crippen molar-refractivity contribution in [2.45, 2.75) is 83.6 Å². The molecule has 4 atom stereocenters. The van der Waals surface area contributed by atoms with Crippen molar-refractivity contribution in [2.75, 3.05) is 42.3 Å². The number of benzene rings is 5. The molecule has 0 fully saturated rings. The molecule has 5 aromatic carbocycles. The van der Waals surface area contributed by atoms with E-state index in [1.807, 2.05) is 113 Å². The number of hydrogen-bond donors (Lipinski definition) is 5. The largest absolute Gasteiger partial charge is 0.488 e. The zero-order valence-corrected chi connectivity index (χ0v) is 38.1. The van der Waals surface area contributed by atoms with Gasteiger partial charge >= 0.3 is 18.2 Å². The number of ether oxygens (including phenoxy) is 3. The molecule has 0 saturated heterocycles. The first-order chi connectivity index (χ1) is 30.7. The molecule has 0 aromatic heterocycles. The summed E-state index contributed by atoms with van der Waals surface area (Å²) in [6.45, 7) is 11.5. The van der Waals surface area contributed by atoms with E-state index in [1.165, 1.54) is 0 Å². The van der Waals surface area contributed by atoms with Gasteiger partial charge < -0.3 is 41.6 Å². The summed E-state index contributed by atoms with van der Waals surface area (Å²) in [6, 6.07) is 33.1. The topological polar surface area (TPSA) is 170 Å². The molecule has 7 N–H and O–H groups in total. The Kier molecular flexibility index (Phi) is 14.6. The number of urea groups is 1. The second kappa shape index (κ2) is 20.2. The molecule has 7 rings (SSSR count). The minimum Gasteiger partial charge on any atom is -0.488 e. The van der Waals surface area contributed by atoms with E-state index < -0.39 is 35.9 Å². The normalized spacial score (nSPS) is 15.8. The standard InChI is InChI=1S/C51H61ClN6O6/c1-31(2)47(57-49(60)63-30-42-38-16-8-6-14-36(38)37-15-7-9-17-39(37)42)46(53)33(13-12-24-55-48(54)59)27-56-35-22-20-32(21-23-35)29-62-44-25-43-45(41-19-11-10-18-40(41)44)34(26-52)28-58(43)50(61)64-51(3,4)5/h6-11,14-23,25,31,33-34,42,46-47,56H,12-13,24,26-30,53H2,1-5H3,(H,57,60)(H3,54,55,59)/t33-,34?,46?,47+/m1/s1. The monoisotopic (exact) mass is 888 g/mol. The molecule has 0 spiro atoms. The lowest BCUT2D eigenvalue weighted by Crippen LogP contribution is -2.55. The number of anilines is 2. The zero-order valence-electron chi connectivity index (χ0n) is 37.4. The summed E-state index contributed by atoms with van der Waals surface area (Å²) in [5.74, 6) is 0.841. The highest BCUT2D eigenvalue weighted by Crippen LogP contribution is 2.47. The van der Waals surface area contributed by atoms with Crippen molar-refractivity contribution >= 4 is 52.0 Å². The van der Waals surface area contributed by atoms with Crippen molar-refractivity contribution in [3.8, 4) is 16.9 Å². The number of primary amides is 1. The summed E-state index contributed by atoms with van der Waals surface area (Å²) in [7, 11) is 0. The van der Waals surface area contributed by atoms with Crippen molar-refractivity contribution in [3.63, 3.8) is 0 Å². The first kappa shape index (κ1) is 46.0. The summed E-state index contributed by atoms with van der Waals surface area (Å²) in [5, 5.41) is 11.3. The first-order valence-electron chi connectivity index (χ1n) is 22.2. The molecule has 1 aliphatic heterocycles. The molecule has 5 aromatic rings. The van der Waals surface area contributed by atoms with Gasteiger partial charge in [-0.25, -0.2) is 14.4 Å². The van der Waals surface area contributed by atoms with Crippen LogP contribution < -0.4 is 37.1 Å². The highest BCUT2D eigenvalue weighted by Gasteiger charge is 2.37. The summed E-state index contributed by atoms with van der Waals surface area (Å²) in [5.41, 5.74) is 20.0. The Labute approximate surface area is 381 Å². The maximum atomic E-state index is 13.5. The second-order valence-corrected chi connectivity index (χ2v) is 18.5. The van der Waals surface area contributed by atoms with Crippen LogP contribution in [0.25, 0.3) is 21.9 Å². The maximum absolute atomic E-state index is 13.5. The van der Waals surface area contributed by atoms with Crippen molar-refractivity contribution in [1.82, 2.24) is 10.6 Å². The smallest absolute Gasteiger partial charge is 0.414 e. The predicted octanol–water partition coefficient (Wildman–Crippen LogP) is 9.86. The Morgan fingerprint density at radius 3 is 2.16 bits per heavy atom. The van der Waals surface area contributed by atoms with Crippen molar-refractivity contribution < 1.29 is 28.6 Å². The van der Waals surface area contributed by atoms with Gasteiger partial charge in [-0.05, 0) is 96.3 Å². The molecule has 13 heteroatoms. The van der Waals surface area contributed by atoms with E-state index in [4.69, 9.17) is 37.3 Å². The summed E-state index contributed by atoms with van der Waals surface area (Å²) in [4.78, 5) is 40.0. The molecule has 64 heavy (non-hydrogen) atoms. The van der Waals surface area contributed by atoms with E-state index in [0.29, 0.717) is 50.7 Å². The van der Waals surface area contributed by atoms with Gasteiger partial charge in [-0.1, -0.05) is 98.8 Å². The molecule has 1 heterocycles. The molecule has 1 aliphatic carbocycles. The molecule has 2 aliphatic rings. The van der Waals surface area contributed by atoms with Crippen LogP contribution >= 0.6 is 11.6 Å². The van der Waals surface area contributed by atoms with Crippen LogP contribution in [0.2, 0.25) is 0 Å². The maximum Gasteiger partial charge on any atom is 0.414 e. The van der Waals surface area contributed by atoms with Crippen LogP contribution in [0.4, 0.5) is 25.8 Å². The van der Waals surface area contributed by atoms with Crippen LogP contribution in [-0.2, 0) is 16.1 Å². The number of nitrogens with two attached hydrogens (primary N) is 2. The molecule has 0 saturated carbocycles. The van der Waals surface area contributed by atoms with Crippen LogP contribution in [0.3, 0.4) is 0 Å². The van der Waals surface area contributed by atoms with Crippen molar-refractivity contribution in [3.05, 3.63) is 125 Å². The van der Waals surface area contributed by atoms with Gasteiger partial charge in [0.1, 0.15) is 24.6 Å². The van der Waals surface area contributed by atoms with Crippen LogP contribution in [0.15, 0.2) is 103 Å². The number of carbonyl (C=O) groups is 3. The Hall–Kier alpha value is -5.98. The average molecular weight is 890 g/mol. The quantitative estimate of drug-likeness (QED) is 0.0454. The predicted molar refractivity (Wildman–Crippen MR) is 255 cm³/mol. The van der Waals surface area contributed by atoms with Gasteiger partial charge in [0.15, 0.2) is 0 Å². The van der Waals surface area contributed by atoms with Crippen LogP contribution in [-0.4, -0.2) is 68.0 Å². The van der Waals surface area contributed by atoms with Gasteiger partial charge in [-0.2, -0.15) is 0 Å². The van der Waals surface area contributed by atoms with E-state index >= 15 is 0 Å². The van der Waals surface area contributed by atoms with Gasteiger partial charge in [0.05, 0.1) is 5.69 Å². The molecule has 2 unspecified atom stereocenters. The molecular formula is C51H61ClN6O6. The van der Waals surface area contributed by atoms with Crippen molar-refractivity contribution in [2.24, 2.45) is 23.3 Å². The number of halogens is 1. The number of rotatable bonds is 17. The van der Waals surface area contributed by atoms with E-state index in [2.05, 4.69) is 40.2 Å². The molecule has 0 bridgehead atoms. The number of alkyl halides is 1. The third-order valence-corrected chi connectivity index (χ3v) is 12.6. The Balaban J connectivity index is 1.00. The van der Waals surface area contributed by atoms with Crippen molar-refractivity contribution in [1.29, 1.82) is 0 Å². The molecule has 12 nitrogen and oxygen atoms in total. The van der Waals surface area contributed by atoms with E-state index in [9.17, 15) is 14.4 Å². The summed E-state index contributed by atoms with van der Waals surface area (Å²) < 4.78 is 18.2. The fourth-order valence-corrected chi connectivity index (χ4v) is 9.31. The number of nitrogens with one attached hydrogen (secondary N) is 3. The fourth-order valence-electron chi connectivity index (χ4n) is 9.06. The minimum absolute atomic E-state index is 0.00550. The van der Waals surface area contributed by atoms with Gasteiger partial charge in [0.25, 0.3) is 0 Å². The molecule has 0 radical (unpaired) electrons. The fraction of sp³-hybridized carbons (Fsp3) is 0.392.